The van der Waals surface area contributed by atoms with Crippen molar-refractivity contribution in [3.8, 4) is 0 Å². The lowest BCUT2D eigenvalue weighted by Crippen LogP contribution is -2.49. The Bertz CT molecular complexity index is 1430. The van der Waals surface area contributed by atoms with Crippen molar-refractivity contribution in [3.63, 3.8) is 0 Å². The zero-order valence-corrected chi connectivity index (χ0v) is 23.1. The van der Waals surface area contributed by atoms with Gasteiger partial charge in [0.25, 0.3) is 0 Å². The predicted molar refractivity (Wildman–Crippen MR) is 157 cm³/mol. The van der Waals surface area contributed by atoms with Gasteiger partial charge in [-0.15, -0.1) is 0 Å². The first kappa shape index (κ1) is 26.0. The topological polar surface area (TPSA) is 84.9 Å². The molecule has 1 atom stereocenters. The first-order valence-electron chi connectivity index (χ1n) is 13.9. The molecule has 1 fully saturated rings. The summed E-state index contributed by atoms with van der Waals surface area (Å²) in [6.45, 7) is 6.83. The maximum Gasteiger partial charge on any atom is 0.326 e. The number of carbonyl (C=O) groups is 2. The molecule has 206 valence electrons. The van der Waals surface area contributed by atoms with E-state index in [2.05, 4.69) is 53.1 Å². The molecule has 3 amide bonds. The number of carbonyl (C=O) groups excluding carboxylic acids is 2. The first-order valence-corrected chi connectivity index (χ1v) is 13.9. The summed E-state index contributed by atoms with van der Waals surface area (Å²) in [4.78, 5) is 42.9. The number of hydrogen-bond acceptors (Lipinski definition) is 6. The second-order valence-corrected chi connectivity index (χ2v) is 10.9. The molecular formula is C31H35N7O2. The Hall–Kier alpha value is -4.24. The Morgan fingerprint density at radius 3 is 2.52 bits per heavy atom. The summed E-state index contributed by atoms with van der Waals surface area (Å²) in [5.74, 6) is 1.53. The van der Waals surface area contributed by atoms with Gasteiger partial charge in [0.1, 0.15) is 5.82 Å². The molecule has 6 rings (SSSR count). The molecule has 3 aromatic rings. The van der Waals surface area contributed by atoms with Gasteiger partial charge in [-0.05, 0) is 80.7 Å². The number of aromatic nitrogens is 2. The molecule has 9 heteroatoms. The number of piperidine rings is 1. The Labute approximate surface area is 235 Å². The summed E-state index contributed by atoms with van der Waals surface area (Å²) in [7, 11) is 3.93. The maximum absolute atomic E-state index is 13.6. The molecule has 0 bridgehead atoms. The van der Waals surface area contributed by atoms with E-state index in [1.54, 1.807) is 23.0 Å². The van der Waals surface area contributed by atoms with Crippen LogP contribution >= 0.6 is 0 Å². The van der Waals surface area contributed by atoms with Crippen LogP contribution in [0.2, 0.25) is 0 Å². The molecule has 40 heavy (non-hydrogen) atoms. The largest absolute Gasteiger partial charge is 0.326 e. The van der Waals surface area contributed by atoms with E-state index in [4.69, 9.17) is 4.98 Å². The predicted octanol–water partition coefficient (Wildman–Crippen LogP) is 5.07. The second kappa shape index (κ2) is 10.7. The van der Waals surface area contributed by atoms with Crippen molar-refractivity contribution in [2.75, 3.05) is 48.8 Å². The summed E-state index contributed by atoms with van der Waals surface area (Å²) >= 11 is 0. The average molecular weight is 538 g/mol. The van der Waals surface area contributed by atoms with Crippen LogP contribution in [0, 0.1) is 0 Å². The summed E-state index contributed by atoms with van der Waals surface area (Å²) in [5.41, 5.74) is 4.95. The smallest absolute Gasteiger partial charge is 0.324 e. The van der Waals surface area contributed by atoms with E-state index in [1.165, 1.54) is 24.5 Å². The van der Waals surface area contributed by atoms with Crippen LogP contribution in [0.1, 0.15) is 47.9 Å². The SMILES string of the molecule is C=CC(=O)N1CCC(N2Cc3cnc(Nc4ccc(C5CCN(C)CC5)cc4)nc3N(C)C2=O)c2ccccc21. The van der Waals surface area contributed by atoms with Gasteiger partial charge in [0.05, 0.1) is 12.6 Å². The van der Waals surface area contributed by atoms with E-state index in [0.29, 0.717) is 37.2 Å². The lowest BCUT2D eigenvalue weighted by molar-refractivity contribution is -0.114. The Balaban J connectivity index is 1.19. The summed E-state index contributed by atoms with van der Waals surface area (Å²) in [5, 5.41) is 3.31. The fourth-order valence-corrected chi connectivity index (χ4v) is 6.15. The zero-order valence-electron chi connectivity index (χ0n) is 23.1. The number of urea groups is 1. The highest BCUT2D eigenvalue weighted by atomic mass is 16.2. The third-order valence-corrected chi connectivity index (χ3v) is 8.42. The molecule has 2 aromatic carbocycles. The van der Waals surface area contributed by atoms with Crippen LogP contribution in [0.4, 0.5) is 27.9 Å². The van der Waals surface area contributed by atoms with Crippen LogP contribution in [0.5, 0.6) is 0 Å². The fourth-order valence-electron chi connectivity index (χ4n) is 6.15. The van der Waals surface area contributed by atoms with Gasteiger partial charge >= 0.3 is 6.03 Å². The average Bonchev–Trinajstić information content (AvgIpc) is 2.99. The highest BCUT2D eigenvalue weighted by Crippen LogP contribution is 2.41. The first-order chi connectivity index (χ1) is 19.4. The van der Waals surface area contributed by atoms with Crippen molar-refractivity contribution in [3.05, 3.63) is 84.1 Å². The second-order valence-electron chi connectivity index (χ2n) is 10.9. The minimum Gasteiger partial charge on any atom is -0.324 e. The highest BCUT2D eigenvalue weighted by molar-refractivity contribution is 6.02. The maximum atomic E-state index is 13.6. The molecule has 1 N–H and O–H groups in total. The van der Waals surface area contributed by atoms with Crippen LogP contribution in [0.15, 0.2) is 67.4 Å². The number of nitrogens with one attached hydrogen (secondary N) is 1. The number of para-hydroxylation sites is 1. The zero-order chi connectivity index (χ0) is 27.8. The third-order valence-electron chi connectivity index (χ3n) is 8.42. The molecule has 0 saturated carbocycles. The monoisotopic (exact) mass is 537 g/mol. The van der Waals surface area contributed by atoms with Crippen molar-refractivity contribution in [1.82, 2.24) is 19.8 Å². The van der Waals surface area contributed by atoms with E-state index in [1.807, 2.05) is 29.2 Å². The summed E-state index contributed by atoms with van der Waals surface area (Å²) < 4.78 is 0. The lowest BCUT2D eigenvalue weighted by Gasteiger charge is -2.43. The van der Waals surface area contributed by atoms with Crippen molar-refractivity contribution in [2.45, 2.75) is 37.8 Å². The molecule has 1 unspecified atom stereocenters. The van der Waals surface area contributed by atoms with Gasteiger partial charge in [-0.3, -0.25) is 9.69 Å². The van der Waals surface area contributed by atoms with Gasteiger partial charge < -0.3 is 20.0 Å². The Morgan fingerprint density at radius 1 is 1.02 bits per heavy atom. The van der Waals surface area contributed by atoms with Gasteiger partial charge in [0.15, 0.2) is 0 Å². The highest BCUT2D eigenvalue weighted by Gasteiger charge is 2.38. The van der Waals surface area contributed by atoms with Crippen molar-refractivity contribution in [2.24, 2.45) is 0 Å². The molecule has 0 spiro atoms. The van der Waals surface area contributed by atoms with Crippen molar-refractivity contribution >= 4 is 35.1 Å². The molecular weight excluding hydrogens is 502 g/mol. The van der Waals surface area contributed by atoms with Crippen LogP contribution in [0.3, 0.4) is 0 Å². The molecule has 0 aliphatic carbocycles. The van der Waals surface area contributed by atoms with E-state index in [0.717, 1.165) is 35.6 Å². The van der Waals surface area contributed by atoms with Gasteiger partial charge in [-0.25, -0.2) is 9.78 Å². The lowest BCUT2D eigenvalue weighted by atomic mass is 9.89. The minimum atomic E-state index is -0.158. The third kappa shape index (κ3) is 4.81. The molecule has 4 heterocycles. The Morgan fingerprint density at radius 2 is 1.77 bits per heavy atom. The van der Waals surface area contributed by atoms with E-state index >= 15 is 0 Å². The van der Waals surface area contributed by atoms with Gasteiger partial charge in [0, 0.05) is 36.7 Å². The summed E-state index contributed by atoms with van der Waals surface area (Å²) in [6, 6.07) is 16.0. The van der Waals surface area contributed by atoms with Crippen LogP contribution < -0.4 is 15.1 Å². The molecule has 9 nitrogen and oxygen atoms in total. The number of benzene rings is 2. The van der Waals surface area contributed by atoms with Gasteiger partial charge in [0.2, 0.25) is 11.9 Å². The number of amides is 3. The van der Waals surface area contributed by atoms with E-state index in [-0.39, 0.29) is 18.0 Å². The molecule has 0 radical (unpaired) electrons. The number of likely N-dealkylation sites (tertiary alicyclic amines) is 1. The number of hydrogen-bond donors (Lipinski definition) is 1. The van der Waals surface area contributed by atoms with Crippen LogP contribution in [0.25, 0.3) is 0 Å². The summed E-state index contributed by atoms with van der Waals surface area (Å²) in [6.07, 6.45) is 6.15. The fraction of sp³-hybridized carbons (Fsp3) is 0.355. The molecule has 3 aliphatic heterocycles. The number of nitrogens with zero attached hydrogens (tertiary/aromatic N) is 6. The number of fused-ring (bicyclic) bond motifs is 2. The molecule has 1 saturated heterocycles. The molecule has 3 aliphatic rings. The number of rotatable bonds is 5. The standard InChI is InChI=1S/C31H35N7O2/c1-4-28(39)37-18-15-27(25-7-5-6-8-26(25)37)38-20-23-19-32-30(34-29(23)36(3)31(38)40)33-24-11-9-21(10-12-24)22-13-16-35(2)17-14-22/h4-12,19,22,27H,1,13-18,20H2,2-3H3,(H,32,33,34). The van der Waals surface area contributed by atoms with Crippen molar-refractivity contribution in [1.29, 1.82) is 0 Å². The van der Waals surface area contributed by atoms with Crippen molar-refractivity contribution < 1.29 is 9.59 Å². The minimum absolute atomic E-state index is 0.122. The van der Waals surface area contributed by atoms with E-state index < -0.39 is 0 Å². The molecule has 1 aromatic heterocycles. The normalized spacial score (nSPS) is 19.7. The van der Waals surface area contributed by atoms with E-state index in [9.17, 15) is 9.59 Å². The van der Waals surface area contributed by atoms with Gasteiger partial charge in [-0.2, -0.15) is 4.98 Å². The van der Waals surface area contributed by atoms with Crippen LogP contribution in [-0.4, -0.2) is 65.4 Å². The van der Waals surface area contributed by atoms with Gasteiger partial charge in [-0.1, -0.05) is 36.9 Å². The number of anilines is 4. The Kier molecular flexibility index (Phi) is 6.98. The van der Waals surface area contributed by atoms with Crippen LogP contribution in [-0.2, 0) is 11.3 Å². The quantitative estimate of drug-likeness (QED) is 0.458.